The van der Waals surface area contributed by atoms with Gasteiger partial charge in [0.2, 0.25) is 0 Å². The third kappa shape index (κ3) is 5.13. The van der Waals surface area contributed by atoms with Crippen molar-refractivity contribution in [3.05, 3.63) is 88.9 Å². The summed E-state index contributed by atoms with van der Waals surface area (Å²) in [5.74, 6) is 1.05. The highest BCUT2D eigenvalue weighted by Crippen LogP contribution is 2.30. The standard InChI is InChI=1S/C24H22N4O2S/c1-15-4-6-18(7-5-15)19-10-20(12-22(11-19)30-24-25-8-9-31-24)23(29)28-16(2)21-13-26-17(3)27-14-21/h4-14,16H,1-3H3,(H,28,29)/t16-/m1/s1. The zero-order valence-electron chi connectivity index (χ0n) is 17.5. The molecule has 4 aromatic rings. The summed E-state index contributed by atoms with van der Waals surface area (Å²) in [7, 11) is 0. The number of nitrogens with zero attached hydrogens (tertiary/aromatic N) is 3. The molecule has 1 atom stereocenters. The van der Waals surface area contributed by atoms with Gasteiger partial charge in [0.15, 0.2) is 0 Å². The molecule has 0 radical (unpaired) electrons. The molecule has 1 N–H and O–H groups in total. The van der Waals surface area contributed by atoms with Crippen molar-refractivity contribution in [3.63, 3.8) is 0 Å². The van der Waals surface area contributed by atoms with E-state index in [1.54, 1.807) is 24.7 Å². The Bertz CT molecular complexity index is 1170. The molecule has 6 nitrogen and oxygen atoms in total. The van der Waals surface area contributed by atoms with Crippen LogP contribution in [-0.4, -0.2) is 20.9 Å². The lowest BCUT2D eigenvalue weighted by molar-refractivity contribution is 0.0939. The average Bonchev–Trinajstić information content (AvgIpc) is 3.27. The molecule has 0 aliphatic carbocycles. The zero-order valence-corrected chi connectivity index (χ0v) is 18.3. The number of aryl methyl sites for hydroxylation is 2. The molecule has 2 aromatic heterocycles. The molecule has 31 heavy (non-hydrogen) atoms. The molecule has 0 bridgehead atoms. The Hall–Kier alpha value is -3.58. The highest BCUT2D eigenvalue weighted by molar-refractivity contribution is 7.11. The van der Waals surface area contributed by atoms with Crippen molar-refractivity contribution in [3.8, 4) is 22.1 Å². The third-order valence-corrected chi connectivity index (χ3v) is 5.47. The predicted octanol–water partition coefficient (Wildman–Crippen LogP) is 5.50. The predicted molar refractivity (Wildman–Crippen MR) is 121 cm³/mol. The van der Waals surface area contributed by atoms with Gasteiger partial charge in [-0.25, -0.2) is 15.0 Å². The Labute approximate surface area is 185 Å². The summed E-state index contributed by atoms with van der Waals surface area (Å²) in [4.78, 5) is 25.7. The largest absolute Gasteiger partial charge is 0.431 e. The van der Waals surface area contributed by atoms with Crippen LogP contribution in [0, 0.1) is 13.8 Å². The van der Waals surface area contributed by atoms with Gasteiger partial charge in [-0.3, -0.25) is 4.79 Å². The first-order valence-electron chi connectivity index (χ1n) is 9.87. The van der Waals surface area contributed by atoms with Crippen molar-refractivity contribution < 1.29 is 9.53 Å². The summed E-state index contributed by atoms with van der Waals surface area (Å²) in [6, 6.07) is 13.4. The lowest BCUT2D eigenvalue weighted by Gasteiger charge is -2.15. The fraction of sp³-hybridized carbons (Fsp3) is 0.167. The number of aromatic nitrogens is 3. The lowest BCUT2D eigenvalue weighted by Crippen LogP contribution is -2.27. The Kier molecular flexibility index (Phi) is 6.04. The maximum Gasteiger partial charge on any atom is 0.278 e. The molecule has 4 rings (SSSR count). The second-order valence-corrected chi connectivity index (χ2v) is 8.13. The van der Waals surface area contributed by atoms with Crippen molar-refractivity contribution in [2.24, 2.45) is 0 Å². The van der Waals surface area contributed by atoms with Gasteiger partial charge < -0.3 is 10.1 Å². The summed E-state index contributed by atoms with van der Waals surface area (Å²) in [5, 5.41) is 5.39. The highest BCUT2D eigenvalue weighted by atomic mass is 32.1. The zero-order chi connectivity index (χ0) is 21.8. The molecular formula is C24H22N4O2S. The van der Waals surface area contributed by atoms with Crippen LogP contribution in [0.3, 0.4) is 0 Å². The topological polar surface area (TPSA) is 77.0 Å². The maximum atomic E-state index is 13.1. The van der Waals surface area contributed by atoms with Crippen LogP contribution in [0.5, 0.6) is 10.9 Å². The van der Waals surface area contributed by atoms with Crippen LogP contribution in [0.15, 0.2) is 66.4 Å². The molecule has 0 fully saturated rings. The number of carbonyl (C=O) groups is 1. The minimum atomic E-state index is -0.237. The number of hydrogen-bond acceptors (Lipinski definition) is 6. The summed E-state index contributed by atoms with van der Waals surface area (Å²) in [6.07, 6.45) is 5.14. The summed E-state index contributed by atoms with van der Waals surface area (Å²) >= 11 is 1.40. The second-order valence-electron chi connectivity index (χ2n) is 7.27. The normalized spacial score (nSPS) is 11.7. The molecule has 1 amide bonds. The minimum absolute atomic E-state index is 0.203. The average molecular weight is 431 g/mol. The second kappa shape index (κ2) is 9.06. The van der Waals surface area contributed by atoms with E-state index >= 15 is 0 Å². The number of rotatable bonds is 6. The van der Waals surface area contributed by atoms with Crippen LogP contribution < -0.4 is 10.1 Å². The van der Waals surface area contributed by atoms with Gasteiger partial charge in [-0.05, 0) is 50.1 Å². The SMILES string of the molecule is Cc1ccc(-c2cc(Oc3nccs3)cc(C(=O)N[C@H](C)c3cnc(C)nc3)c2)cc1. The number of amides is 1. The van der Waals surface area contributed by atoms with Crippen molar-refractivity contribution in [2.45, 2.75) is 26.8 Å². The van der Waals surface area contributed by atoms with Gasteiger partial charge in [0.25, 0.3) is 11.1 Å². The minimum Gasteiger partial charge on any atom is -0.431 e. The van der Waals surface area contributed by atoms with E-state index in [0.717, 1.165) is 16.7 Å². The van der Waals surface area contributed by atoms with Gasteiger partial charge in [0, 0.05) is 35.1 Å². The Morgan fingerprint density at radius 3 is 2.42 bits per heavy atom. The summed E-state index contributed by atoms with van der Waals surface area (Å²) in [5.41, 5.74) is 4.42. The van der Waals surface area contributed by atoms with Crippen LogP contribution in [-0.2, 0) is 0 Å². The van der Waals surface area contributed by atoms with E-state index < -0.39 is 0 Å². The molecule has 2 heterocycles. The van der Waals surface area contributed by atoms with Gasteiger partial charge in [-0.2, -0.15) is 0 Å². The first kappa shape index (κ1) is 20.7. The number of benzene rings is 2. The van der Waals surface area contributed by atoms with Crippen molar-refractivity contribution in [2.75, 3.05) is 0 Å². The fourth-order valence-corrected chi connectivity index (χ4v) is 3.56. The Morgan fingerprint density at radius 1 is 1.00 bits per heavy atom. The van der Waals surface area contributed by atoms with Gasteiger partial charge in [-0.15, -0.1) is 0 Å². The highest BCUT2D eigenvalue weighted by Gasteiger charge is 2.15. The molecule has 0 saturated carbocycles. The van der Waals surface area contributed by atoms with E-state index in [1.165, 1.54) is 16.9 Å². The van der Waals surface area contributed by atoms with Crippen molar-refractivity contribution >= 4 is 17.2 Å². The molecule has 0 aliphatic rings. The first-order valence-corrected chi connectivity index (χ1v) is 10.7. The fourth-order valence-electron chi connectivity index (χ4n) is 3.05. The van der Waals surface area contributed by atoms with Crippen molar-refractivity contribution in [1.29, 1.82) is 0 Å². The van der Waals surface area contributed by atoms with Crippen LogP contribution in [0.1, 0.15) is 40.3 Å². The number of nitrogens with one attached hydrogen (secondary N) is 1. The molecule has 7 heteroatoms. The maximum absolute atomic E-state index is 13.1. The number of hydrogen-bond donors (Lipinski definition) is 1. The summed E-state index contributed by atoms with van der Waals surface area (Å²) in [6.45, 7) is 5.77. The molecule has 0 saturated heterocycles. The van der Waals surface area contributed by atoms with Gasteiger partial charge in [0.1, 0.15) is 11.6 Å². The van der Waals surface area contributed by atoms with E-state index in [0.29, 0.717) is 22.3 Å². The quantitative estimate of drug-likeness (QED) is 0.437. The van der Waals surface area contributed by atoms with Crippen LogP contribution in [0.2, 0.25) is 0 Å². The van der Waals surface area contributed by atoms with Gasteiger partial charge >= 0.3 is 0 Å². The molecule has 0 aliphatic heterocycles. The van der Waals surface area contributed by atoms with Crippen molar-refractivity contribution in [1.82, 2.24) is 20.3 Å². The van der Waals surface area contributed by atoms with E-state index in [4.69, 9.17) is 4.74 Å². The van der Waals surface area contributed by atoms with Crippen LogP contribution in [0.4, 0.5) is 0 Å². The molecule has 156 valence electrons. The monoisotopic (exact) mass is 430 g/mol. The number of thiazole rings is 1. The van der Waals surface area contributed by atoms with E-state index in [-0.39, 0.29) is 11.9 Å². The van der Waals surface area contributed by atoms with Crippen LogP contribution >= 0.6 is 11.3 Å². The third-order valence-electron chi connectivity index (χ3n) is 4.82. The Morgan fingerprint density at radius 2 is 1.74 bits per heavy atom. The first-order chi connectivity index (χ1) is 15.0. The molecule has 0 spiro atoms. The summed E-state index contributed by atoms with van der Waals surface area (Å²) < 4.78 is 5.91. The number of carbonyl (C=O) groups excluding carboxylic acids is 1. The Balaban J connectivity index is 1.64. The van der Waals surface area contributed by atoms with Crippen LogP contribution in [0.25, 0.3) is 11.1 Å². The molecule has 0 unspecified atom stereocenters. The van der Waals surface area contributed by atoms with E-state index in [9.17, 15) is 4.79 Å². The van der Waals surface area contributed by atoms with E-state index in [2.05, 4.69) is 20.3 Å². The number of ether oxygens (including phenoxy) is 1. The smallest absolute Gasteiger partial charge is 0.278 e. The molecular weight excluding hydrogens is 408 g/mol. The lowest BCUT2D eigenvalue weighted by atomic mass is 10.0. The van der Waals surface area contributed by atoms with E-state index in [1.807, 2.05) is 62.5 Å². The molecule has 2 aromatic carbocycles. The van der Waals surface area contributed by atoms with Gasteiger partial charge in [-0.1, -0.05) is 41.2 Å². The van der Waals surface area contributed by atoms with Gasteiger partial charge in [0.05, 0.1) is 6.04 Å².